The molecule has 2 N–H and O–H groups in total. The van der Waals surface area contributed by atoms with Crippen molar-refractivity contribution in [1.29, 1.82) is 0 Å². The monoisotopic (exact) mass is 362 g/mol. The molecule has 1 aromatic carbocycles. The number of hydrogen-bond donors (Lipinski definition) is 2. The summed E-state index contributed by atoms with van der Waals surface area (Å²) in [6.07, 6.45) is 0.755. The number of nitrogens with one attached hydrogen (secondary N) is 2. The number of methoxy groups -OCH3 is 2. The van der Waals surface area contributed by atoms with Gasteiger partial charge in [0, 0.05) is 13.1 Å². The third-order valence-electron chi connectivity index (χ3n) is 4.31. The molecule has 2 aromatic rings. The summed E-state index contributed by atoms with van der Waals surface area (Å²) < 4.78 is 13.0. The molecular formula is C17H22N4O3S. The Bertz CT molecular complexity index is 890. The summed E-state index contributed by atoms with van der Waals surface area (Å²) in [6.45, 7) is 1.94. The second-order valence-corrected chi connectivity index (χ2v) is 6.41. The molecule has 0 bridgehead atoms. The highest BCUT2D eigenvalue weighted by atomic mass is 32.1. The van der Waals surface area contributed by atoms with Gasteiger partial charge in [-0.15, -0.1) is 0 Å². The molecule has 0 radical (unpaired) electrons. The van der Waals surface area contributed by atoms with Crippen LogP contribution in [0.25, 0.3) is 0 Å². The Morgan fingerprint density at radius 1 is 1.24 bits per heavy atom. The summed E-state index contributed by atoms with van der Waals surface area (Å²) in [5, 5.41) is 3.30. The number of H-pyrrole nitrogens is 1. The largest absolute Gasteiger partial charge is 0.493 e. The maximum Gasteiger partial charge on any atom is 0.258 e. The average molecular weight is 362 g/mol. The van der Waals surface area contributed by atoms with Crippen LogP contribution in [0, 0.1) is 4.77 Å². The smallest absolute Gasteiger partial charge is 0.258 e. The minimum Gasteiger partial charge on any atom is -0.493 e. The minimum absolute atomic E-state index is 0.124. The topological polar surface area (TPSA) is 71.5 Å². The zero-order valence-corrected chi connectivity index (χ0v) is 15.4. The molecule has 0 atom stereocenters. The van der Waals surface area contributed by atoms with Gasteiger partial charge < -0.3 is 19.4 Å². The minimum atomic E-state index is -0.124. The van der Waals surface area contributed by atoms with Crippen molar-refractivity contribution in [1.82, 2.24) is 14.5 Å². The van der Waals surface area contributed by atoms with E-state index in [2.05, 4.69) is 10.3 Å². The van der Waals surface area contributed by atoms with Crippen LogP contribution in [-0.4, -0.2) is 42.4 Å². The number of fused-ring (bicyclic) bond motifs is 1. The molecule has 8 heteroatoms. The number of nitrogens with zero attached hydrogens (tertiary/aromatic N) is 2. The molecule has 0 saturated carbocycles. The van der Waals surface area contributed by atoms with E-state index < -0.39 is 0 Å². The van der Waals surface area contributed by atoms with Gasteiger partial charge in [-0.3, -0.25) is 14.7 Å². The highest BCUT2D eigenvalue weighted by Gasteiger charge is 2.19. The molecule has 0 spiro atoms. The molecule has 25 heavy (non-hydrogen) atoms. The molecule has 3 rings (SSSR count). The third kappa shape index (κ3) is 3.54. The van der Waals surface area contributed by atoms with Crippen LogP contribution in [0.5, 0.6) is 11.5 Å². The molecule has 1 aromatic heterocycles. The van der Waals surface area contributed by atoms with Crippen LogP contribution in [-0.2, 0) is 19.5 Å². The fourth-order valence-electron chi connectivity index (χ4n) is 2.99. The van der Waals surface area contributed by atoms with Crippen molar-refractivity contribution >= 4 is 18.0 Å². The van der Waals surface area contributed by atoms with Crippen LogP contribution in [0.1, 0.15) is 11.1 Å². The maximum absolute atomic E-state index is 12.2. The lowest BCUT2D eigenvalue weighted by molar-refractivity contribution is 0.333. The number of rotatable bonds is 5. The maximum atomic E-state index is 12.2. The van der Waals surface area contributed by atoms with E-state index in [-0.39, 0.29) is 5.56 Å². The summed E-state index contributed by atoms with van der Waals surface area (Å²) >= 11 is 5.37. The fraction of sp³-hybridized carbons (Fsp3) is 0.412. The van der Waals surface area contributed by atoms with E-state index >= 15 is 0 Å². The Morgan fingerprint density at radius 2 is 2.00 bits per heavy atom. The van der Waals surface area contributed by atoms with Crippen molar-refractivity contribution in [3.8, 4) is 11.5 Å². The van der Waals surface area contributed by atoms with Crippen LogP contribution in [0.4, 0.5) is 5.82 Å². The number of ether oxygens (including phenoxy) is 2. The van der Waals surface area contributed by atoms with Crippen molar-refractivity contribution in [2.45, 2.75) is 19.5 Å². The number of aromatic amines is 1. The van der Waals surface area contributed by atoms with E-state index in [1.165, 1.54) is 0 Å². The van der Waals surface area contributed by atoms with Crippen molar-refractivity contribution in [2.75, 3.05) is 33.3 Å². The van der Waals surface area contributed by atoms with Crippen molar-refractivity contribution in [2.24, 2.45) is 0 Å². The molecule has 134 valence electrons. The number of aromatic nitrogens is 2. The summed E-state index contributed by atoms with van der Waals surface area (Å²) in [5.41, 5.74) is 1.70. The Morgan fingerprint density at radius 3 is 2.72 bits per heavy atom. The van der Waals surface area contributed by atoms with Gasteiger partial charge in [0.15, 0.2) is 16.3 Å². The first-order valence-corrected chi connectivity index (χ1v) is 8.43. The molecule has 0 aliphatic carbocycles. The number of benzene rings is 1. The van der Waals surface area contributed by atoms with Gasteiger partial charge in [-0.2, -0.15) is 0 Å². The number of hydrogen-bond acceptors (Lipinski definition) is 6. The molecule has 0 saturated heterocycles. The van der Waals surface area contributed by atoms with Crippen LogP contribution >= 0.6 is 12.2 Å². The Hall–Kier alpha value is -2.32. The van der Waals surface area contributed by atoms with Crippen LogP contribution < -0.4 is 20.3 Å². The fourth-order valence-corrected chi connectivity index (χ4v) is 3.26. The molecule has 7 nitrogen and oxygen atoms in total. The molecular weight excluding hydrogens is 340 g/mol. The predicted octanol–water partition coefficient (Wildman–Crippen LogP) is 1.98. The molecule has 0 unspecified atom stereocenters. The Kier molecular flexibility index (Phi) is 5.10. The molecule has 1 aliphatic heterocycles. The average Bonchev–Trinajstić information content (AvgIpc) is 2.61. The summed E-state index contributed by atoms with van der Waals surface area (Å²) in [4.78, 5) is 17.0. The molecule has 2 heterocycles. The van der Waals surface area contributed by atoms with E-state index in [9.17, 15) is 4.79 Å². The van der Waals surface area contributed by atoms with E-state index in [0.717, 1.165) is 23.4 Å². The predicted molar refractivity (Wildman–Crippen MR) is 99.1 cm³/mol. The zero-order valence-electron chi connectivity index (χ0n) is 14.6. The summed E-state index contributed by atoms with van der Waals surface area (Å²) in [7, 11) is 5.20. The van der Waals surface area contributed by atoms with Gasteiger partial charge in [0.05, 0.1) is 26.5 Å². The standard InChI is InChI=1S/C17H22N4O3S/c1-20-9-12-15(18-10-20)21(17(25)19-16(12)22)7-6-11-4-5-13(23-2)14(8-11)24-3/h4-5,8,18H,6-7,9-10H2,1-3H3,(H,19,22,25). The van der Waals surface area contributed by atoms with Crippen LogP contribution in [0.15, 0.2) is 23.0 Å². The normalized spacial score (nSPS) is 13.9. The van der Waals surface area contributed by atoms with Crippen molar-refractivity contribution in [3.05, 3.63) is 44.5 Å². The van der Waals surface area contributed by atoms with E-state index in [1.807, 2.05) is 34.7 Å². The van der Waals surface area contributed by atoms with E-state index in [4.69, 9.17) is 21.7 Å². The van der Waals surface area contributed by atoms with Gasteiger partial charge >= 0.3 is 0 Å². The van der Waals surface area contributed by atoms with Gasteiger partial charge in [0.2, 0.25) is 0 Å². The first-order valence-electron chi connectivity index (χ1n) is 8.02. The SMILES string of the molecule is COc1ccc(CCn2c3c(c(=O)[nH]c2=S)CN(C)CN3)cc1OC. The van der Waals surface area contributed by atoms with Gasteiger partial charge in [-0.1, -0.05) is 6.07 Å². The van der Waals surface area contributed by atoms with Crippen LogP contribution in [0.2, 0.25) is 0 Å². The van der Waals surface area contributed by atoms with E-state index in [0.29, 0.717) is 36.0 Å². The van der Waals surface area contributed by atoms with E-state index in [1.54, 1.807) is 14.2 Å². The lowest BCUT2D eigenvalue weighted by atomic mass is 10.1. The number of aryl methyl sites for hydroxylation is 1. The second kappa shape index (κ2) is 7.28. The lowest BCUT2D eigenvalue weighted by Gasteiger charge is -2.28. The lowest BCUT2D eigenvalue weighted by Crippen LogP contribution is -2.37. The van der Waals surface area contributed by atoms with Gasteiger partial charge in [-0.25, -0.2) is 0 Å². The van der Waals surface area contributed by atoms with Gasteiger partial charge in [0.1, 0.15) is 5.82 Å². The molecule has 0 amide bonds. The first kappa shape index (κ1) is 17.5. The zero-order chi connectivity index (χ0) is 18.0. The van der Waals surface area contributed by atoms with Crippen molar-refractivity contribution in [3.63, 3.8) is 0 Å². The Balaban J connectivity index is 1.88. The second-order valence-electron chi connectivity index (χ2n) is 6.03. The summed E-state index contributed by atoms with van der Waals surface area (Å²) in [5.74, 6) is 2.22. The highest BCUT2D eigenvalue weighted by molar-refractivity contribution is 7.71. The number of anilines is 1. The van der Waals surface area contributed by atoms with Crippen molar-refractivity contribution < 1.29 is 9.47 Å². The molecule has 0 fully saturated rings. The van der Waals surface area contributed by atoms with Gasteiger partial charge in [-0.05, 0) is 43.4 Å². The highest BCUT2D eigenvalue weighted by Crippen LogP contribution is 2.28. The summed E-state index contributed by atoms with van der Waals surface area (Å²) in [6, 6.07) is 5.86. The first-order chi connectivity index (χ1) is 12.0. The molecule has 1 aliphatic rings. The quantitative estimate of drug-likeness (QED) is 0.793. The Labute approximate surface area is 151 Å². The third-order valence-corrected chi connectivity index (χ3v) is 4.63. The van der Waals surface area contributed by atoms with Gasteiger partial charge in [0.25, 0.3) is 5.56 Å². The van der Waals surface area contributed by atoms with Crippen LogP contribution in [0.3, 0.4) is 0 Å².